The predicted octanol–water partition coefficient (Wildman–Crippen LogP) is 2.80. The summed E-state index contributed by atoms with van der Waals surface area (Å²) in [6.07, 6.45) is 7.48. The fourth-order valence-corrected chi connectivity index (χ4v) is 7.66. The monoisotopic (exact) mass is 365 g/mol. The van der Waals surface area contributed by atoms with Crippen molar-refractivity contribution in [3.63, 3.8) is 0 Å². The first-order chi connectivity index (χ1) is 12.9. The van der Waals surface area contributed by atoms with E-state index in [1.165, 1.54) is 16.7 Å². The summed E-state index contributed by atoms with van der Waals surface area (Å²) < 4.78 is 13.0. The van der Waals surface area contributed by atoms with Crippen LogP contribution in [-0.2, 0) is 21.4 Å². The third-order valence-electron chi connectivity index (χ3n) is 8.78. The van der Waals surface area contributed by atoms with Gasteiger partial charge in [0.2, 0.25) is 0 Å². The molecule has 0 unspecified atom stereocenters. The largest absolute Gasteiger partial charge is 0.485 e. The molecule has 1 saturated heterocycles. The number of piperidine rings is 1. The summed E-state index contributed by atoms with van der Waals surface area (Å²) in [5.74, 6) is 1.15. The van der Waals surface area contributed by atoms with Crippen molar-refractivity contribution in [2.75, 3.05) is 20.7 Å². The molecular weight excluding hydrogens is 338 g/mol. The average molecular weight is 365 g/mol. The van der Waals surface area contributed by atoms with Crippen molar-refractivity contribution in [1.82, 2.24) is 4.90 Å². The van der Waals surface area contributed by atoms with Gasteiger partial charge in [0.05, 0.1) is 11.3 Å². The molecule has 0 N–H and O–H groups in total. The van der Waals surface area contributed by atoms with E-state index in [1.807, 2.05) is 0 Å². The Bertz CT molecular complexity index is 922. The van der Waals surface area contributed by atoms with Gasteiger partial charge in [-0.05, 0) is 57.8 Å². The Hall–Kier alpha value is -1.65. The number of aryl methyl sites for hydroxylation is 1. The lowest BCUT2D eigenvalue weighted by Gasteiger charge is -2.70. The predicted molar refractivity (Wildman–Crippen MR) is 102 cm³/mol. The van der Waals surface area contributed by atoms with Gasteiger partial charge in [0.15, 0.2) is 0 Å². The summed E-state index contributed by atoms with van der Waals surface area (Å²) in [5, 5.41) is 0. The van der Waals surface area contributed by atoms with Gasteiger partial charge in [-0.1, -0.05) is 24.3 Å². The minimum Gasteiger partial charge on any atom is -0.485 e. The molecule has 2 heterocycles. The highest BCUT2D eigenvalue weighted by Gasteiger charge is 2.79. The minimum atomic E-state index is -0.659. The number of hydrogen-bond acceptors (Lipinski definition) is 4. The Morgan fingerprint density at radius 2 is 2.15 bits per heavy atom. The van der Waals surface area contributed by atoms with Gasteiger partial charge in [0.1, 0.15) is 23.2 Å². The normalized spacial score (nSPS) is 45.6. The highest BCUT2D eigenvalue weighted by Crippen LogP contribution is 2.74. The van der Waals surface area contributed by atoms with Crippen LogP contribution in [0.2, 0.25) is 0 Å². The van der Waals surface area contributed by atoms with E-state index in [1.54, 1.807) is 14.0 Å². The molecule has 4 bridgehead atoms. The van der Waals surface area contributed by atoms with E-state index >= 15 is 0 Å². The van der Waals surface area contributed by atoms with E-state index in [-0.39, 0.29) is 28.6 Å². The maximum Gasteiger partial charge on any atom is 0.143 e. The molecule has 4 aliphatic carbocycles. The van der Waals surface area contributed by atoms with Crippen LogP contribution < -0.4 is 4.74 Å². The summed E-state index contributed by atoms with van der Waals surface area (Å²) in [6.45, 7) is 4.94. The summed E-state index contributed by atoms with van der Waals surface area (Å²) in [6, 6.07) is 4.92. The quantitative estimate of drug-likeness (QED) is 0.756. The van der Waals surface area contributed by atoms with Crippen LogP contribution in [-0.4, -0.2) is 49.1 Å². The Kier molecular flexibility index (Phi) is 2.82. The molecule has 0 aromatic heterocycles. The number of likely N-dealkylation sites (tertiary alicyclic amines) is 1. The highest BCUT2D eigenvalue weighted by atomic mass is 16.6. The van der Waals surface area contributed by atoms with Gasteiger partial charge in [-0.25, -0.2) is 0 Å². The van der Waals surface area contributed by atoms with E-state index in [2.05, 4.69) is 43.2 Å². The van der Waals surface area contributed by atoms with E-state index in [4.69, 9.17) is 9.47 Å². The van der Waals surface area contributed by atoms with Gasteiger partial charge in [0.25, 0.3) is 0 Å². The lowest BCUT2D eigenvalue weighted by atomic mass is 9.37. The number of nitrogens with zero attached hydrogens (tertiary/aromatic N) is 1. The van der Waals surface area contributed by atoms with Gasteiger partial charge in [-0.3, -0.25) is 4.79 Å². The van der Waals surface area contributed by atoms with E-state index in [0.29, 0.717) is 6.04 Å². The van der Waals surface area contributed by atoms with Gasteiger partial charge in [-0.2, -0.15) is 0 Å². The first-order valence-electron chi connectivity index (χ1n) is 10.2. The number of rotatable bonds is 2. The zero-order valence-electron chi connectivity index (χ0n) is 16.5. The molecule has 1 aromatic carbocycles. The molecule has 6 aliphatic rings. The number of carbonyl (C=O) groups is 1. The third kappa shape index (κ3) is 1.46. The molecule has 0 amide bonds. The van der Waals surface area contributed by atoms with E-state index in [0.717, 1.165) is 31.6 Å². The summed E-state index contributed by atoms with van der Waals surface area (Å²) >= 11 is 0. The van der Waals surface area contributed by atoms with Crippen LogP contribution >= 0.6 is 0 Å². The second-order valence-corrected chi connectivity index (χ2v) is 9.46. The van der Waals surface area contributed by atoms with Crippen molar-refractivity contribution < 1.29 is 14.3 Å². The lowest BCUT2D eigenvalue weighted by Crippen LogP contribution is -2.79. The fourth-order valence-electron chi connectivity index (χ4n) is 7.66. The van der Waals surface area contributed by atoms with Crippen LogP contribution in [0.15, 0.2) is 24.3 Å². The number of ether oxygens (including phenoxy) is 2. The van der Waals surface area contributed by atoms with Crippen LogP contribution in [0, 0.1) is 18.3 Å². The number of ketones is 1. The summed E-state index contributed by atoms with van der Waals surface area (Å²) in [7, 11) is 4.01. The van der Waals surface area contributed by atoms with Crippen molar-refractivity contribution in [2.45, 2.75) is 56.3 Å². The molecule has 0 radical (unpaired) electrons. The average Bonchev–Trinajstić information content (AvgIpc) is 3.03. The van der Waals surface area contributed by atoms with E-state index < -0.39 is 5.60 Å². The maximum atomic E-state index is 12.8. The molecule has 142 valence electrons. The van der Waals surface area contributed by atoms with Crippen molar-refractivity contribution in [3.05, 3.63) is 41.0 Å². The van der Waals surface area contributed by atoms with Crippen molar-refractivity contribution in [1.29, 1.82) is 0 Å². The van der Waals surface area contributed by atoms with Crippen LogP contribution in [0.1, 0.15) is 36.5 Å². The summed E-state index contributed by atoms with van der Waals surface area (Å²) in [4.78, 5) is 15.3. The second kappa shape index (κ2) is 4.66. The SMILES string of the molecule is CO[C@@]12C=C[C@@]3(C[C@@H]1C(C)=O)[C@H]1Cc4ccc(C)c5c4[C@@]3(CCN1C)[C@H]2O5. The number of benzene rings is 1. The first kappa shape index (κ1) is 16.3. The van der Waals surface area contributed by atoms with Crippen molar-refractivity contribution in [3.8, 4) is 5.75 Å². The molecule has 1 saturated carbocycles. The maximum absolute atomic E-state index is 12.8. The van der Waals surface area contributed by atoms with Gasteiger partial charge in [-0.15, -0.1) is 0 Å². The van der Waals surface area contributed by atoms with Gasteiger partial charge < -0.3 is 14.4 Å². The number of fused-ring (bicyclic) bond motifs is 1. The van der Waals surface area contributed by atoms with Crippen LogP contribution in [0.25, 0.3) is 0 Å². The Labute approximate surface area is 160 Å². The minimum absolute atomic E-state index is 0.0483. The molecule has 2 aliphatic heterocycles. The van der Waals surface area contributed by atoms with E-state index in [9.17, 15) is 4.79 Å². The third-order valence-corrected chi connectivity index (χ3v) is 8.78. The smallest absolute Gasteiger partial charge is 0.143 e. The number of methoxy groups -OCH3 is 1. The topological polar surface area (TPSA) is 38.8 Å². The Balaban J connectivity index is 1.73. The number of hydrogen-bond donors (Lipinski definition) is 0. The lowest BCUT2D eigenvalue weighted by molar-refractivity contribution is -0.212. The van der Waals surface area contributed by atoms with Crippen LogP contribution in [0.3, 0.4) is 0 Å². The molecular formula is C23H27NO3. The molecule has 6 atom stereocenters. The zero-order valence-corrected chi connectivity index (χ0v) is 16.5. The van der Waals surface area contributed by atoms with Gasteiger partial charge in [0, 0.05) is 24.1 Å². The summed E-state index contributed by atoms with van der Waals surface area (Å²) in [5.41, 5.74) is 3.30. The molecule has 7 rings (SSSR count). The molecule has 2 fully saturated rings. The number of carbonyl (C=O) groups excluding carboxylic acids is 1. The Morgan fingerprint density at radius 1 is 1.33 bits per heavy atom. The molecule has 4 nitrogen and oxygen atoms in total. The standard InChI is InChI=1S/C23H27NO3/c1-13-5-6-15-11-17-21-7-8-23(26-4,16(12-21)14(2)25)20-22(21,9-10-24(17)3)18(15)19(13)27-20/h5-8,16-17,20H,9-12H2,1-4H3/t16-,17-,20-,21-,22+,23+/m1/s1. The molecule has 27 heavy (non-hydrogen) atoms. The molecule has 2 spiro atoms. The first-order valence-corrected chi connectivity index (χ1v) is 10.2. The van der Waals surface area contributed by atoms with Crippen LogP contribution in [0.5, 0.6) is 5.75 Å². The Morgan fingerprint density at radius 3 is 2.89 bits per heavy atom. The van der Waals surface area contributed by atoms with Gasteiger partial charge >= 0.3 is 0 Å². The second-order valence-electron chi connectivity index (χ2n) is 9.46. The zero-order chi connectivity index (χ0) is 18.8. The number of likely N-dealkylation sites (N-methyl/N-ethyl adjacent to an activating group) is 1. The highest BCUT2D eigenvalue weighted by molar-refractivity contribution is 5.82. The molecule has 1 aromatic rings. The number of Topliss-reactive ketones (excluding diaryl/α,β-unsaturated/α-hetero) is 1. The molecule has 4 heteroatoms. The van der Waals surface area contributed by atoms with Crippen molar-refractivity contribution in [2.24, 2.45) is 11.3 Å². The fraction of sp³-hybridized carbons (Fsp3) is 0.609. The van der Waals surface area contributed by atoms with Crippen molar-refractivity contribution >= 4 is 5.78 Å². The van der Waals surface area contributed by atoms with Crippen LogP contribution in [0.4, 0.5) is 0 Å².